The molecule has 0 saturated carbocycles. The normalized spacial score (nSPS) is 19.4. The highest BCUT2D eigenvalue weighted by Crippen LogP contribution is 2.34. The van der Waals surface area contributed by atoms with Gasteiger partial charge in [0.2, 0.25) is 5.78 Å². The zero-order chi connectivity index (χ0) is 23.5. The lowest BCUT2D eigenvalue weighted by atomic mass is 9.98. The molecular weight excluding hydrogens is 419 g/mol. The number of nitrogens with two attached hydrogens (primary N) is 1. The van der Waals surface area contributed by atoms with E-state index >= 15 is 0 Å². The minimum absolute atomic E-state index is 0.0931. The lowest BCUT2D eigenvalue weighted by Gasteiger charge is -2.40. The lowest BCUT2D eigenvalue weighted by molar-refractivity contribution is -0.138. The standard InChI is InChI=1S/C23H30F3N5O/c1-4-6-15-12-31(13-16(29-15)11-14(2)3)19-9-8-18(23(24,25)26)20(30-19)21(32)17-7-5-10-28-22(17)27/h5,7-10,14-16,29H,4,6,11-13H2,1-3H3,(H2,27,28)/t15-,16+/m1/s1. The number of halogens is 3. The highest BCUT2D eigenvalue weighted by Gasteiger charge is 2.38. The number of carbonyl (C=O) groups is 1. The van der Waals surface area contributed by atoms with Gasteiger partial charge in [-0.25, -0.2) is 9.97 Å². The Morgan fingerprint density at radius 2 is 1.97 bits per heavy atom. The second kappa shape index (κ2) is 9.85. The number of anilines is 2. The Labute approximate surface area is 186 Å². The van der Waals surface area contributed by atoms with Crippen molar-refractivity contribution < 1.29 is 18.0 Å². The number of nitrogens with zero attached hydrogens (tertiary/aromatic N) is 3. The Hall–Kier alpha value is -2.68. The monoisotopic (exact) mass is 449 g/mol. The van der Waals surface area contributed by atoms with E-state index in [1.165, 1.54) is 24.4 Å². The minimum atomic E-state index is -4.72. The number of pyridine rings is 2. The number of carbonyl (C=O) groups excluding carboxylic acids is 1. The van der Waals surface area contributed by atoms with Gasteiger partial charge in [0.25, 0.3) is 0 Å². The van der Waals surface area contributed by atoms with Crippen LogP contribution in [0, 0.1) is 5.92 Å². The summed E-state index contributed by atoms with van der Waals surface area (Å²) in [6.07, 6.45) is -0.463. The zero-order valence-electron chi connectivity index (χ0n) is 18.6. The largest absolute Gasteiger partial charge is 0.418 e. The number of hydrogen-bond acceptors (Lipinski definition) is 6. The molecule has 0 unspecified atom stereocenters. The fraction of sp³-hybridized carbons (Fsp3) is 0.522. The van der Waals surface area contributed by atoms with Crippen molar-refractivity contribution >= 4 is 17.4 Å². The number of ketones is 1. The number of nitrogens with one attached hydrogen (secondary N) is 1. The van der Waals surface area contributed by atoms with E-state index in [-0.39, 0.29) is 23.5 Å². The molecule has 0 spiro atoms. The highest BCUT2D eigenvalue weighted by molar-refractivity contribution is 6.11. The molecule has 1 saturated heterocycles. The van der Waals surface area contributed by atoms with Gasteiger partial charge in [0.05, 0.1) is 11.1 Å². The van der Waals surface area contributed by atoms with Gasteiger partial charge >= 0.3 is 6.18 Å². The predicted octanol–water partition coefficient (Wildman–Crippen LogP) is 4.30. The van der Waals surface area contributed by atoms with E-state index in [9.17, 15) is 18.0 Å². The molecule has 2 aromatic rings. The Morgan fingerprint density at radius 1 is 1.25 bits per heavy atom. The molecule has 9 heteroatoms. The SMILES string of the molecule is CCC[C@@H]1CN(c2ccc(C(F)(F)F)c(C(=O)c3cccnc3N)n2)C[C@H](CC(C)C)N1. The third-order valence-corrected chi connectivity index (χ3v) is 5.55. The molecule has 3 heterocycles. The Morgan fingerprint density at radius 3 is 2.59 bits per heavy atom. The van der Waals surface area contributed by atoms with Gasteiger partial charge in [-0.05, 0) is 43.0 Å². The summed E-state index contributed by atoms with van der Waals surface area (Å²) in [5, 5.41) is 3.65. The molecule has 3 N–H and O–H groups in total. The smallest absolute Gasteiger partial charge is 0.383 e. The van der Waals surface area contributed by atoms with Crippen LogP contribution in [0.5, 0.6) is 0 Å². The van der Waals surface area contributed by atoms with Crippen LogP contribution in [0.2, 0.25) is 0 Å². The third kappa shape index (κ3) is 5.56. The van der Waals surface area contributed by atoms with E-state index in [4.69, 9.17) is 5.73 Å². The molecule has 0 bridgehead atoms. The first-order valence-corrected chi connectivity index (χ1v) is 10.9. The number of nitrogen functional groups attached to an aromatic ring is 1. The van der Waals surface area contributed by atoms with E-state index in [1.54, 1.807) is 0 Å². The van der Waals surface area contributed by atoms with Gasteiger partial charge in [-0.15, -0.1) is 0 Å². The first-order valence-electron chi connectivity index (χ1n) is 10.9. The van der Waals surface area contributed by atoms with E-state index in [1.807, 2.05) is 4.90 Å². The van der Waals surface area contributed by atoms with Crippen LogP contribution in [0.3, 0.4) is 0 Å². The maximum absolute atomic E-state index is 13.7. The van der Waals surface area contributed by atoms with E-state index < -0.39 is 23.2 Å². The van der Waals surface area contributed by atoms with Crippen LogP contribution in [-0.4, -0.2) is 40.9 Å². The van der Waals surface area contributed by atoms with Crippen LogP contribution in [0.15, 0.2) is 30.5 Å². The second-order valence-electron chi connectivity index (χ2n) is 8.71. The molecule has 174 valence electrons. The third-order valence-electron chi connectivity index (χ3n) is 5.55. The van der Waals surface area contributed by atoms with Crippen molar-refractivity contribution in [1.29, 1.82) is 0 Å². The summed E-state index contributed by atoms with van der Waals surface area (Å²) < 4.78 is 41.1. The molecule has 1 aliphatic rings. The molecule has 1 fully saturated rings. The predicted molar refractivity (Wildman–Crippen MR) is 119 cm³/mol. The van der Waals surface area contributed by atoms with E-state index in [2.05, 4.69) is 36.1 Å². The summed E-state index contributed by atoms with van der Waals surface area (Å²) in [6.45, 7) is 7.61. The average Bonchev–Trinajstić information content (AvgIpc) is 2.72. The van der Waals surface area contributed by atoms with Crippen LogP contribution >= 0.6 is 0 Å². The number of aromatic nitrogens is 2. The Bertz CT molecular complexity index is 947. The summed E-state index contributed by atoms with van der Waals surface area (Å²) in [4.78, 5) is 23.1. The van der Waals surface area contributed by atoms with Crippen molar-refractivity contribution in [3.8, 4) is 0 Å². The molecule has 32 heavy (non-hydrogen) atoms. The van der Waals surface area contributed by atoms with Crippen molar-refractivity contribution in [3.63, 3.8) is 0 Å². The topological polar surface area (TPSA) is 84.1 Å². The molecule has 0 radical (unpaired) electrons. The summed E-state index contributed by atoms with van der Waals surface area (Å²) in [7, 11) is 0. The summed E-state index contributed by atoms with van der Waals surface area (Å²) in [6, 6.07) is 5.51. The molecule has 0 amide bonds. The van der Waals surface area contributed by atoms with Gasteiger partial charge < -0.3 is 16.0 Å². The lowest BCUT2D eigenvalue weighted by Crippen LogP contribution is -2.57. The highest BCUT2D eigenvalue weighted by atomic mass is 19.4. The fourth-order valence-electron chi connectivity index (χ4n) is 4.23. The van der Waals surface area contributed by atoms with Crippen molar-refractivity contribution in [2.24, 2.45) is 5.92 Å². The molecule has 6 nitrogen and oxygen atoms in total. The zero-order valence-corrected chi connectivity index (χ0v) is 18.6. The summed E-state index contributed by atoms with van der Waals surface area (Å²) >= 11 is 0. The fourth-order valence-corrected chi connectivity index (χ4v) is 4.23. The van der Waals surface area contributed by atoms with Gasteiger partial charge in [0.1, 0.15) is 17.3 Å². The van der Waals surface area contributed by atoms with Gasteiger partial charge in [-0.3, -0.25) is 4.79 Å². The van der Waals surface area contributed by atoms with Gasteiger partial charge in [0.15, 0.2) is 0 Å². The maximum atomic E-state index is 13.7. The molecule has 1 aliphatic heterocycles. The van der Waals surface area contributed by atoms with Crippen LogP contribution in [0.1, 0.15) is 61.6 Å². The Balaban J connectivity index is 2.01. The second-order valence-corrected chi connectivity index (χ2v) is 8.71. The van der Waals surface area contributed by atoms with Crippen LogP contribution in [-0.2, 0) is 6.18 Å². The van der Waals surface area contributed by atoms with Crippen LogP contribution < -0.4 is 16.0 Å². The average molecular weight is 450 g/mol. The minimum Gasteiger partial charge on any atom is -0.383 e. The molecule has 2 atom stereocenters. The van der Waals surface area contributed by atoms with Gasteiger partial charge in [0, 0.05) is 31.4 Å². The van der Waals surface area contributed by atoms with Crippen molar-refractivity contribution in [1.82, 2.24) is 15.3 Å². The summed E-state index contributed by atoms with van der Waals surface area (Å²) in [5.41, 5.74) is 3.93. The molecule has 3 rings (SSSR count). The number of rotatable bonds is 7. The number of piperazine rings is 1. The van der Waals surface area contributed by atoms with Crippen LogP contribution in [0.4, 0.5) is 24.8 Å². The molecule has 0 aliphatic carbocycles. The van der Waals surface area contributed by atoms with Crippen molar-refractivity contribution in [2.75, 3.05) is 23.7 Å². The Kier molecular flexibility index (Phi) is 7.38. The van der Waals surface area contributed by atoms with E-state index in [0.29, 0.717) is 24.8 Å². The number of hydrogen-bond donors (Lipinski definition) is 2. The molecule has 0 aromatic carbocycles. The molecule has 2 aromatic heterocycles. The van der Waals surface area contributed by atoms with Gasteiger partial charge in [-0.2, -0.15) is 13.2 Å². The number of alkyl halides is 3. The molecular formula is C23H30F3N5O. The van der Waals surface area contributed by atoms with Gasteiger partial charge in [-0.1, -0.05) is 27.2 Å². The van der Waals surface area contributed by atoms with Crippen molar-refractivity contribution in [2.45, 2.75) is 58.3 Å². The van der Waals surface area contributed by atoms with E-state index in [0.717, 1.165) is 25.3 Å². The first-order chi connectivity index (χ1) is 15.1. The first kappa shape index (κ1) is 24.0. The van der Waals surface area contributed by atoms with Crippen LogP contribution in [0.25, 0.3) is 0 Å². The quantitative estimate of drug-likeness (QED) is 0.613. The van der Waals surface area contributed by atoms with Crippen molar-refractivity contribution in [3.05, 3.63) is 47.3 Å². The summed E-state index contributed by atoms with van der Waals surface area (Å²) in [5.74, 6) is -0.176. The maximum Gasteiger partial charge on any atom is 0.418 e.